The fraction of sp³-hybridized carbons (Fsp3) is 0.357. The van der Waals surface area contributed by atoms with E-state index in [1.165, 1.54) is 6.92 Å². The molecular formula is C28H38FN5O4. The van der Waals surface area contributed by atoms with Crippen LogP contribution in [0.2, 0.25) is 0 Å². The van der Waals surface area contributed by atoms with E-state index in [1.54, 1.807) is 25.4 Å². The zero-order chi connectivity index (χ0) is 28.3. The topological polar surface area (TPSA) is 139 Å². The fourth-order valence-electron chi connectivity index (χ4n) is 3.26. The summed E-state index contributed by atoms with van der Waals surface area (Å²) in [6.45, 7) is 5.36. The first kappa shape index (κ1) is 32.0. The number of aliphatic hydroxyl groups is 1. The van der Waals surface area contributed by atoms with E-state index in [0.717, 1.165) is 53.6 Å². The Morgan fingerprint density at radius 1 is 1.16 bits per heavy atom. The van der Waals surface area contributed by atoms with Crippen molar-refractivity contribution < 1.29 is 23.8 Å². The number of unbranched alkanes of at least 4 members (excludes halogenated alkanes) is 2. The van der Waals surface area contributed by atoms with Gasteiger partial charge < -0.3 is 31.0 Å². The second kappa shape index (κ2) is 18.2. The second-order valence-electron chi connectivity index (χ2n) is 7.98. The Bertz CT molecular complexity index is 1140. The number of amides is 2. The van der Waals surface area contributed by atoms with Crippen LogP contribution in [0.15, 0.2) is 48.7 Å². The lowest BCUT2D eigenvalue weighted by Crippen LogP contribution is -2.19. The number of rotatable bonds is 10. The van der Waals surface area contributed by atoms with Crippen molar-refractivity contribution in [2.75, 3.05) is 37.6 Å². The van der Waals surface area contributed by atoms with Gasteiger partial charge in [-0.1, -0.05) is 25.8 Å². The van der Waals surface area contributed by atoms with Crippen molar-refractivity contribution in [2.24, 2.45) is 5.73 Å². The number of nitrogens with two attached hydrogens (primary N) is 1. The first-order valence-electron chi connectivity index (χ1n) is 12.4. The molecule has 2 amide bonds. The van der Waals surface area contributed by atoms with E-state index in [0.29, 0.717) is 17.3 Å². The van der Waals surface area contributed by atoms with Crippen molar-refractivity contribution in [3.63, 3.8) is 0 Å². The number of carbonyl (C=O) groups is 2. The highest BCUT2D eigenvalue weighted by atomic mass is 19.1. The molecule has 0 atom stereocenters. The van der Waals surface area contributed by atoms with Gasteiger partial charge in [0.2, 0.25) is 5.88 Å². The summed E-state index contributed by atoms with van der Waals surface area (Å²) in [6, 6.07) is 12.4. The Morgan fingerprint density at radius 2 is 1.89 bits per heavy atom. The van der Waals surface area contributed by atoms with Gasteiger partial charge in [0.1, 0.15) is 18.7 Å². The number of hydrogen-bond donors (Lipinski definition) is 4. The molecule has 206 valence electrons. The van der Waals surface area contributed by atoms with E-state index < -0.39 is 6.03 Å². The third-order valence-electron chi connectivity index (χ3n) is 5.01. The molecule has 0 bridgehead atoms. The molecule has 38 heavy (non-hydrogen) atoms. The predicted octanol–water partition coefficient (Wildman–Crippen LogP) is 5.37. The highest BCUT2D eigenvalue weighted by molar-refractivity contribution is 5.89. The van der Waals surface area contributed by atoms with E-state index in [4.69, 9.17) is 20.4 Å². The van der Waals surface area contributed by atoms with Crippen LogP contribution in [0.3, 0.4) is 0 Å². The number of alkyl halides is 1. The zero-order valence-corrected chi connectivity index (χ0v) is 22.5. The van der Waals surface area contributed by atoms with E-state index >= 15 is 0 Å². The maximum Gasteiger partial charge on any atom is 0.316 e. The van der Waals surface area contributed by atoms with Crippen molar-refractivity contribution >= 4 is 23.8 Å². The van der Waals surface area contributed by atoms with E-state index in [-0.39, 0.29) is 19.9 Å². The number of nitrogens with one attached hydrogen (secondary N) is 2. The summed E-state index contributed by atoms with van der Waals surface area (Å²) in [5, 5.41) is 14.7. The molecule has 0 aliphatic carbocycles. The van der Waals surface area contributed by atoms with Gasteiger partial charge in [-0.2, -0.15) is 0 Å². The Labute approximate surface area is 223 Å². The van der Waals surface area contributed by atoms with Gasteiger partial charge in [0.25, 0.3) is 0 Å². The highest BCUT2D eigenvalue weighted by Gasteiger charge is 2.12. The zero-order valence-electron chi connectivity index (χ0n) is 22.5. The van der Waals surface area contributed by atoms with Gasteiger partial charge >= 0.3 is 6.03 Å². The summed E-state index contributed by atoms with van der Waals surface area (Å²) < 4.78 is 16.8. The quantitative estimate of drug-likeness (QED) is 0.205. The lowest BCUT2D eigenvalue weighted by molar-refractivity contribution is -0.106. The van der Waals surface area contributed by atoms with Gasteiger partial charge in [-0.05, 0) is 67.3 Å². The van der Waals surface area contributed by atoms with Crippen LogP contribution in [-0.4, -0.2) is 54.3 Å². The minimum atomic E-state index is -0.626. The highest BCUT2D eigenvalue weighted by Crippen LogP contribution is 2.32. The van der Waals surface area contributed by atoms with Gasteiger partial charge in [-0.25, -0.2) is 14.8 Å². The SMILES string of the molecule is CC=O.CCCCCF.CNc1cc(-c2cc(-c3cc(NC(N)=O)ccc3C)cc(OCCO)n2)ccn1. The number of aryl methyl sites for hydroxylation is 1. The minimum absolute atomic E-state index is 0.114. The number of benzene rings is 1. The number of hydrogen-bond acceptors (Lipinski definition) is 7. The molecule has 2 aromatic heterocycles. The van der Waals surface area contributed by atoms with E-state index in [9.17, 15) is 9.18 Å². The van der Waals surface area contributed by atoms with Crippen LogP contribution in [0.5, 0.6) is 5.88 Å². The van der Waals surface area contributed by atoms with Crippen LogP contribution < -0.4 is 21.1 Å². The largest absolute Gasteiger partial charge is 0.475 e. The molecule has 0 unspecified atom stereocenters. The predicted molar refractivity (Wildman–Crippen MR) is 150 cm³/mol. The van der Waals surface area contributed by atoms with E-state index in [2.05, 4.69) is 27.5 Å². The molecule has 0 saturated carbocycles. The summed E-state index contributed by atoms with van der Waals surface area (Å²) in [7, 11) is 1.80. The number of carbonyl (C=O) groups excluding carboxylic acids is 2. The average Bonchev–Trinajstić information content (AvgIpc) is 2.92. The average molecular weight is 528 g/mol. The number of pyridine rings is 2. The Hall–Kier alpha value is -4.05. The van der Waals surface area contributed by atoms with Gasteiger partial charge in [0, 0.05) is 30.6 Å². The third-order valence-corrected chi connectivity index (χ3v) is 5.01. The number of aliphatic hydroxyl groups excluding tert-OH is 1. The molecule has 3 rings (SSSR count). The second-order valence-corrected chi connectivity index (χ2v) is 7.98. The van der Waals surface area contributed by atoms with Gasteiger partial charge in [0.05, 0.1) is 19.0 Å². The molecule has 5 N–H and O–H groups in total. The van der Waals surface area contributed by atoms with Crippen LogP contribution >= 0.6 is 0 Å². The summed E-state index contributed by atoms with van der Waals surface area (Å²) in [5.74, 6) is 1.11. The molecule has 0 radical (unpaired) electrons. The lowest BCUT2D eigenvalue weighted by Gasteiger charge is -2.13. The molecule has 10 heteroatoms. The number of nitrogens with zero attached hydrogens (tertiary/aromatic N) is 2. The number of urea groups is 1. The van der Waals surface area contributed by atoms with Crippen LogP contribution in [0.1, 0.15) is 38.7 Å². The number of halogens is 1. The molecule has 9 nitrogen and oxygen atoms in total. The van der Waals surface area contributed by atoms with Crippen molar-refractivity contribution in [3.8, 4) is 28.3 Å². The van der Waals surface area contributed by atoms with Gasteiger partial charge in [-0.3, -0.25) is 4.39 Å². The maximum atomic E-state index is 11.2. The smallest absolute Gasteiger partial charge is 0.316 e. The van der Waals surface area contributed by atoms with E-state index in [1.807, 2.05) is 37.3 Å². The third kappa shape index (κ3) is 11.3. The summed E-state index contributed by atoms with van der Waals surface area (Å²) in [6.07, 6.45) is 5.35. The molecule has 0 saturated heterocycles. The number of ether oxygens (including phenoxy) is 1. The minimum Gasteiger partial charge on any atom is -0.475 e. The van der Waals surface area contributed by atoms with Crippen molar-refractivity contribution in [1.82, 2.24) is 9.97 Å². The molecule has 3 aromatic rings. The first-order chi connectivity index (χ1) is 18.3. The van der Waals surface area contributed by atoms with Crippen LogP contribution in [0.4, 0.5) is 20.7 Å². The standard InChI is InChI=1S/C21H23N5O3.C5H11F.C2H4O/c1-13-3-4-16(25-21(22)28)12-17(13)15-9-18(26-20(11-15)29-8-7-27)14-5-6-24-19(10-14)23-2;1-2-3-4-5-6;1-2-3/h3-6,9-12,27H,7-8H2,1-2H3,(H,23,24)(H3,22,25,28);2-5H2,1H3;2H,1H3. The lowest BCUT2D eigenvalue weighted by atomic mass is 9.98. The summed E-state index contributed by atoms with van der Waals surface area (Å²) >= 11 is 0. The van der Waals surface area contributed by atoms with Gasteiger partial charge in [-0.15, -0.1) is 0 Å². The van der Waals surface area contributed by atoms with Crippen molar-refractivity contribution in [1.29, 1.82) is 0 Å². The molecular weight excluding hydrogens is 489 g/mol. The first-order valence-corrected chi connectivity index (χ1v) is 12.4. The molecule has 0 spiro atoms. The molecule has 0 aliphatic rings. The Kier molecular flexibility index (Phi) is 15.3. The molecule has 1 aromatic carbocycles. The monoisotopic (exact) mass is 527 g/mol. The van der Waals surface area contributed by atoms with Crippen molar-refractivity contribution in [3.05, 3.63) is 54.2 Å². The molecule has 2 heterocycles. The summed E-state index contributed by atoms with van der Waals surface area (Å²) in [4.78, 5) is 28.8. The van der Waals surface area contributed by atoms with Crippen LogP contribution in [0.25, 0.3) is 22.4 Å². The fourth-order valence-corrected chi connectivity index (χ4v) is 3.26. The van der Waals surface area contributed by atoms with Gasteiger partial charge in [0.15, 0.2) is 0 Å². The Morgan fingerprint density at radius 3 is 2.47 bits per heavy atom. The number of aldehydes is 1. The number of primary amides is 1. The Balaban J connectivity index is 0.000000695. The normalized spacial score (nSPS) is 9.74. The molecule has 0 aliphatic heterocycles. The van der Waals surface area contributed by atoms with Crippen molar-refractivity contribution in [2.45, 2.75) is 40.0 Å². The number of anilines is 2. The van der Waals surface area contributed by atoms with Crippen LogP contribution in [-0.2, 0) is 4.79 Å². The number of aromatic nitrogens is 2. The maximum absolute atomic E-state index is 11.2. The summed E-state index contributed by atoms with van der Waals surface area (Å²) in [5.41, 5.74) is 10.2. The molecule has 0 fully saturated rings. The van der Waals surface area contributed by atoms with Crippen LogP contribution in [0, 0.1) is 6.92 Å².